The largest absolute Gasteiger partial charge is 0.386 e. The lowest BCUT2D eigenvalue weighted by Gasteiger charge is -2.46. The summed E-state index contributed by atoms with van der Waals surface area (Å²) in [6.45, 7) is 2.86. The summed E-state index contributed by atoms with van der Waals surface area (Å²) in [7, 11) is 0. The number of nitrogens with zero attached hydrogens (tertiary/aromatic N) is 2. The monoisotopic (exact) mass is 270 g/mol. The molecule has 104 valence electrons. The second-order valence-corrected chi connectivity index (χ2v) is 5.52. The molecule has 0 radical (unpaired) electrons. The third kappa shape index (κ3) is 2.27. The van der Waals surface area contributed by atoms with Gasteiger partial charge in [0, 0.05) is 5.39 Å². The summed E-state index contributed by atoms with van der Waals surface area (Å²) in [6.07, 6.45) is 1.66. The predicted molar refractivity (Wildman–Crippen MR) is 77.5 cm³/mol. The number of rotatable bonds is 3. The van der Waals surface area contributed by atoms with E-state index in [-0.39, 0.29) is 5.91 Å². The van der Waals surface area contributed by atoms with Gasteiger partial charge >= 0.3 is 0 Å². The van der Waals surface area contributed by atoms with Crippen LogP contribution in [0.1, 0.15) is 30.3 Å². The lowest BCUT2D eigenvalue weighted by atomic mass is 9.89. The zero-order valence-electron chi connectivity index (χ0n) is 11.5. The lowest BCUT2D eigenvalue weighted by Crippen LogP contribution is -2.63. The van der Waals surface area contributed by atoms with E-state index in [1.807, 2.05) is 37.3 Å². The summed E-state index contributed by atoms with van der Waals surface area (Å²) < 4.78 is 0. The number of β-amino-alcohol motifs (C(OH)–C–C–N with tert-alkyl or cyclic N) is 1. The van der Waals surface area contributed by atoms with Crippen LogP contribution in [0.3, 0.4) is 0 Å². The van der Waals surface area contributed by atoms with Gasteiger partial charge in [-0.1, -0.05) is 37.6 Å². The molecule has 0 saturated carbocycles. The van der Waals surface area contributed by atoms with E-state index < -0.39 is 5.60 Å². The Hall–Kier alpha value is -1.94. The normalized spacial score (nSPS) is 17.0. The van der Waals surface area contributed by atoms with Crippen LogP contribution in [-0.4, -0.2) is 39.6 Å². The van der Waals surface area contributed by atoms with Gasteiger partial charge < -0.3 is 10.0 Å². The van der Waals surface area contributed by atoms with Crippen LogP contribution in [0.5, 0.6) is 0 Å². The number of likely N-dealkylation sites (tertiary alicyclic amines) is 1. The first-order valence-corrected chi connectivity index (χ1v) is 6.99. The number of carbonyl (C=O) groups is 1. The first-order chi connectivity index (χ1) is 9.61. The van der Waals surface area contributed by atoms with Crippen molar-refractivity contribution < 1.29 is 9.90 Å². The molecule has 1 saturated heterocycles. The number of benzene rings is 1. The van der Waals surface area contributed by atoms with Crippen LogP contribution in [0.4, 0.5) is 0 Å². The van der Waals surface area contributed by atoms with Crippen LogP contribution in [-0.2, 0) is 0 Å². The zero-order chi connectivity index (χ0) is 14.2. The van der Waals surface area contributed by atoms with Crippen LogP contribution in [0.25, 0.3) is 10.9 Å². The Morgan fingerprint density at radius 2 is 2.05 bits per heavy atom. The van der Waals surface area contributed by atoms with Gasteiger partial charge in [-0.3, -0.25) is 4.79 Å². The summed E-state index contributed by atoms with van der Waals surface area (Å²) >= 11 is 0. The molecule has 4 nitrogen and oxygen atoms in total. The van der Waals surface area contributed by atoms with Crippen LogP contribution in [0.15, 0.2) is 36.4 Å². The van der Waals surface area contributed by atoms with Gasteiger partial charge in [0.05, 0.1) is 24.2 Å². The van der Waals surface area contributed by atoms with Crippen LogP contribution >= 0.6 is 0 Å². The highest BCUT2D eigenvalue weighted by atomic mass is 16.3. The number of aliphatic hydroxyl groups is 1. The van der Waals surface area contributed by atoms with Crippen molar-refractivity contribution in [2.24, 2.45) is 0 Å². The average Bonchev–Trinajstić information content (AvgIpc) is 2.43. The predicted octanol–water partition coefficient (Wildman–Crippen LogP) is 2.22. The molecule has 1 aliphatic heterocycles. The third-order valence-corrected chi connectivity index (χ3v) is 3.79. The minimum absolute atomic E-state index is 0.100. The molecule has 1 amide bonds. The summed E-state index contributed by atoms with van der Waals surface area (Å²) in [5, 5.41) is 11.2. The number of carbonyl (C=O) groups excluding carboxylic acids is 1. The van der Waals surface area contributed by atoms with Gasteiger partial charge in [0.1, 0.15) is 5.69 Å². The first kappa shape index (κ1) is 13.1. The van der Waals surface area contributed by atoms with E-state index in [0.29, 0.717) is 18.8 Å². The maximum Gasteiger partial charge on any atom is 0.272 e. The van der Waals surface area contributed by atoms with E-state index in [9.17, 15) is 9.90 Å². The highest BCUT2D eigenvalue weighted by Crippen LogP contribution is 2.27. The molecule has 1 N–H and O–H groups in total. The molecule has 0 bridgehead atoms. The van der Waals surface area contributed by atoms with Crippen molar-refractivity contribution >= 4 is 16.8 Å². The molecule has 1 aromatic heterocycles. The number of amides is 1. The molecule has 1 aromatic carbocycles. The molecule has 1 fully saturated rings. The van der Waals surface area contributed by atoms with Gasteiger partial charge in [-0.15, -0.1) is 0 Å². The van der Waals surface area contributed by atoms with E-state index >= 15 is 0 Å². The maximum atomic E-state index is 12.3. The molecule has 0 unspecified atom stereocenters. The molecule has 1 aliphatic rings. The minimum atomic E-state index is -0.693. The van der Waals surface area contributed by atoms with Crippen LogP contribution in [0, 0.1) is 0 Å². The van der Waals surface area contributed by atoms with Gasteiger partial charge in [-0.25, -0.2) is 4.98 Å². The second-order valence-electron chi connectivity index (χ2n) is 5.52. The Balaban J connectivity index is 1.77. The topological polar surface area (TPSA) is 53.4 Å². The Morgan fingerprint density at radius 1 is 1.30 bits per heavy atom. The Morgan fingerprint density at radius 3 is 2.80 bits per heavy atom. The Labute approximate surface area is 118 Å². The molecular formula is C16H18N2O2. The number of hydrogen-bond donors (Lipinski definition) is 1. The fourth-order valence-electron chi connectivity index (χ4n) is 2.78. The smallest absolute Gasteiger partial charge is 0.272 e. The van der Waals surface area contributed by atoms with Crippen molar-refractivity contribution in [3.63, 3.8) is 0 Å². The minimum Gasteiger partial charge on any atom is -0.386 e. The fraction of sp³-hybridized carbons (Fsp3) is 0.375. The van der Waals surface area contributed by atoms with Crippen molar-refractivity contribution in [1.29, 1.82) is 0 Å². The van der Waals surface area contributed by atoms with Gasteiger partial charge in [-0.2, -0.15) is 0 Å². The number of para-hydroxylation sites is 1. The molecule has 20 heavy (non-hydrogen) atoms. The summed E-state index contributed by atoms with van der Waals surface area (Å²) in [4.78, 5) is 18.4. The van der Waals surface area contributed by atoms with Gasteiger partial charge in [-0.05, 0) is 18.6 Å². The number of pyridine rings is 1. The highest BCUT2D eigenvalue weighted by Gasteiger charge is 2.43. The molecule has 2 aromatic rings. The Bertz CT molecular complexity index is 648. The summed E-state index contributed by atoms with van der Waals surface area (Å²) in [5.74, 6) is -0.100. The maximum absolute atomic E-state index is 12.3. The van der Waals surface area contributed by atoms with Gasteiger partial charge in [0.25, 0.3) is 5.91 Å². The standard InChI is InChI=1S/C16H18N2O2/c1-2-9-16(20)10-18(11-16)15(19)14-8-7-12-5-3-4-6-13(12)17-14/h3-8,20H,2,9-11H2,1H3. The molecule has 3 rings (SSSR count). The Kier molecular flexibility index (Phi) is 3.18. The van der Waals surface area contributed by atoms with E-state index in [2.05, 4.69) is 4.98 Å². The van der Waals surface area contributed by atoms with Crippen LogP contribution < -0.4 is 0 Å². The number of hydrogen-bond acceptors (Lipinski definition) is 3. The van der Waals surface area contributed by atoms with Gasteiger partial charge in [0.15, 0.2) is 0 Å². The summed E-state index contributed by atoms with van der Waals surface area (Å²) in [6, 6.07) is 11.4. The summed E-state index contributed by atoms with van der Waals surface area (Å²) in [5.41, 5.74) is 0.575. The van der Waals surface area contributed by atoms with Crippen LogP contribution in [0.2, 0.25) is 0 Å². The molecule has 0 atom stereocenters. The SMILES string of the molecule is CCCC1(O)CN(C(=O)c2ccc3ccccc3n2)C1. The molecule has 0 spiro atoms. The van der Waals surface area contributed by atoms with Crippen molar-refractivity contribution in [1.82, 2.24) is 9.88 Å². The zero-order valence-corrected chi connectivity index (χ0v) is 11.5. The third-order valence-electron chi connectivity index (χ3n) is 3.79. The van der Waals surface area contributed by atoms with Crippen molar-refractivity contribution in [2.75, 3.05) is 13.1 Å². The molecule has 4 heteroatoms. The second kappa shape index (κ2) is 4.87. The fourth-order valence-corrected chi connectivity index (χ4v) is 2.78. The van der Waals surface area contributed by atoms with Crippen molar-refractivity contribution in [2.45, 2.75) is 25.4 Å². The van der Waals surface area contributed by atoms with E-state index in [0.717, 1.165) is 23.7 Å². The van der Waals surface area contributed by atoms with Crippen molar-refractivity contribution in [3.05, 3.63) is 42.1 Å². The van der Waals surface area contributed by atoms with Crippen molar-refractivity contribution in [3.8, 4) is 0 Å². The highest BCUT2D eigenvalue weighted by molar-refractivity contribution is 5.95. The van der Waals surface area contributed by atoms with E-state index in [1.165, 1.54) is 0 Å². The molecule has 2 heterocycles. The number of fused-ring (bicyclic) bond motifs is 1. The van der Waals surface area contributed by atoms with Gasteiger partial charge in [0.2, 0.25) is 0 Å². The average molecular weight is 270 g/mol. The quantitative estimate of drug-likeness (QED) is 0.930. The van der Waals surface area contributed by atoms with E-state index in [1.54, 1.807) is 11.0 Å². The molecular weight excluding hydrogens is 252 g/mol. The number of aromatic nitrogens is 1. The molecule has 0 aliphatic carbocycles. The first-order valence-electron chi connectivity index (χ1n) is 6.99. The lowest BCUT2D eigenvalue weighted by molar-refractivity contribution is -0.0861. The van der Waals surface area contributed by atoms with E-state index in [4.69, 9.17) is 0 Å².